The molecule has 0 saturated carbocycles. The van der Waals surface area contributed by atoms with Gasteiger partial charge >= 0.3 is 0 Å². The van der Waals surface area contributed by atoms with E-state index in [4.69, 9.17) is 0 Å². The molecule has 0 aliphatic rings. The number of nitriles is 2. The summed E-state index contributed by atoms with van der Waals surface area (Å²) in [6.07, 6.45) is 0. The van der Waals surface area contributed by atoms with Crippen molar-refractivity contribution in [3.63, 3.8) is 0 Å². The Labute approximate surface area is 277 Å². The normalized spacial score (nSPS) is 11.3. The first-order valence-electron chi connectivity index (χ1n) is 15.9. The van der Waals surface area contributed by atoms with E-state index in [-0.39, 0.29) is 0 Å². The van der Waals surface area contributed by atoms with Crippen LogP contribution in [0, 0.1) is 22.7 Å². The average Bonchev–Trinajstić information content (AvgIpc) is 3.67. The lowest BCUT2D eigenvalue weighted by molar-refractivity contribution is 1.18. The summed E-state index contributed by atoms with van der Waals surface area (Å²) in [5.74, 6) is 0. The lowest BCUT2D eigenvalue weighted by atomic mass is 9.90. The molecule has 0 atom stereocenters. The highest BCUT2D eigenvalue weighted by molar-refractivity contribution is 6.10. The molecule has 0 fully saturated rings. The van der Waals surface area contributed by atoms with Crippen LogP contribution in [0.1, 0.15) is 11.1 Å². The highest BCUT2D eigenvalue weighted by Crippen LogP contribution is 2.40. The number of fused-ring (bicyclic) bond motifs is 6. The number of aromatic nitrogens is 2. The monoisotopic (exact) mass is 610 g/mol. The number of nitrogens with zero attached hydrogens (tertiary/aromatic N) is 4. The molecular weight excluding hydrogens is 585 g/mol. The third-order valence-electron chi connectivity index (χ3n) is 9.41. The molecule has 7 aromatic carbocycles. The SMILES string of the molecule is N#Cc1cc(-c2ccc(-n3c4ccccc4c4ccccc43)cc2)cc(C#N)c1-c1ccccc1-n1c2ccccc2c2ccccc21. The molecule has 0 aliphatic carbocycles. The van der Waals surface area contributed by atoms with Crippen molar-refractivity contribution in [3.05, 3.63) is 169 Å². The number of hydrogen-bond donors (Lipinski definition) is 0. The van der Waals surface area contributed by atoms with Gasteiger partial charge in [-0.25, -0.2) is 0 Å². The van der Waals surface area contributed by atoms with Crippen LogP contribution in [-0.4, -0.2) is 9.13 Å². The Bertz CT molecular complexity index is 2660. The lowest BCUT2D eigenvalue weighted by Gasteiger charge is -2.17. The van der Waals surface area contributed by atoms with Gasteiger partial charge in [-0.1, -0.05) is 103 Å². The molecule has 0 bridgehead atoms. The van der Waals surface area contributed by atoms with Gasteiger partial charge in [-0.3, -0.25) is 0 Å². The highest BCUT2D eigenvalue weighted by Gasteiger charge is 2.20. The molecule has 0 amide bonds. The number of rotatable bonds is 4. The largest absolute Gasteiger partial charge is 0.309 e. The molecule has 4 heteroatoms. The van der Waals surface area contributed by atoms with Gasteiger partial charge in [0.15, 0.2) is 0 Å². The molecule has 9 aromatic rings. The maximum Gasteiger partial charge on any atom is 0.0998 e. The second kappa shape index (κ2) is 10.9. The molecule has 4 nitrogen and oxygen atoms in total. The summed E-state index contributed by atoms with van der Waals surface area (Å²) in [5, 5.41) is 25.8. The van der Waals surface area contributed by atoms with Crippen molar-refractivity contribution >= 4 is 43.6 Å². The third-order valence-corrected chi connectivity index (χ3v) is 9.41. The standard InChI is InChI=1S/C44H26N4/c45-27-31-25-30(29-21-23-33(24-22-29)47-39-16-6-1-11-34(39)35-12-2-7-17-40(35)47)26-32(28-46)44(31)38-15-5-10-20-43(38)48-41-18-8-3-13-36(41)37-14-4-9-19-42(37)48/h1-26H. The second-order valence-corrected chi connectivity index (χ2v) is 12.0. The molecule has 0 unspecified atom stereocenters. The average molecular weight is 611 g/mol. The smallest absolute Gasteiger partial charge is 0.0998 e. The van der Waals surface area contributed by atoms with Crippen molar-refractivity contribution < 1.29 is 0 Å². The highest BCUT2D eigenvalue weighted by atomic mass is 15.0. The Morgan fingerprint density at radius 3 is 1.29 bits per heavy atom. The summed E-state index contributed by atoms with van der Waals surface area (Å²) in [5.41, 5.74) is 10.6. The van der Waals surface area contributed by atoms with Crippen molar-refractivity contribution in [2.45, 2.75) is 0 Å². The zero-order valence-electron chi connectivity index (χ0n) is 25.8. The molecule has 0 saturated heterocycles. The van der Waals surface area contributed by atoms with E-state index in [9.17, 15) is 10.5 Å². The quantitative estimate of drug-likeness (QED) is 0.199. The predicted molar refractivity (Wildman–Crippen MR) is 195 cm³/mol. The molecule has 0 spiro atoms. The van der Waals surface area contributed by atoms with Gasteiger partial charge in [0, 0.05) is 38.4 Å². The van der Waals surface area contributed by atoms with Crippen molar-refractivity contribution in [1.82, 2.24) is 9.13 Å². The fourth-order valence-corrected chi connectivity index (χ4v) is 7.34. The summed E-state index contributed by atoms with van der Waals surface area (Å²) < 4.78 is 4.52. The van der Waals surface area contributed by atoms with Crippen LogP contribution in [-0.2, 0) is 0 Å². The number of hydrogen-bond acceptors (Lipinski definition) is 2. The molecule has 48 heavy (non-hydrogen) atoms. The van der Waals surface area contributed by atoms with Crippen LogP contribution in [0.5, 0.6) is 0 Å². The summed E-state index contributed by atoms with van der Waals surface area (Å²) in [4.78, 5) is 0. The summed E-state index contributed by atoms with van der Waals surface area (Å²) >= 11 is 0. The minimum atomic E-state index is 0.462. The van der Waals surface area contributed by atoms with Crippen molar-refractivity contribution in [1.29, 1.82) is 10.5 Å². The topological polar surface area (TPSA) is 57.4 Å². The summed E-state index contributed by atoms with van der Waals surface area (Å²) in [6.45, 7) is 0. The van der Waals surface area contributed by atoms with Crippen LogP contribution in [0.15, 0.2) is 158 Å². The fraction of sp³-hybridized carbons (Fsp3) is 0. The maximum atomic E-state index is 10.5. The number of para-hydroxylation sites is 5. The maximum absolute atomic E-state index is 10.5. The zero-order chi connectivity index (χ0) is 32.2. The molecule has 0 aliphatic heterocycles. The molecule has 0 N–H and O–H groups in total. The minimum absolute atomic E-state index is 0.462. The second-order valence-electron chi connectivity index (χ2n) is 12.0. The van der Waals surface area contributed by atoms with Crippen LogP contribution in [0.4, 0.5) is 0 Å². The van der Waals surface area contributed by atoms with E-state index in [0.29, 0.717) is 16.7 Å². The van der Waals surface area contributed by atoms with Gasteiger partial charge in [-0.15, -0.1) is 0 Å². The first kappa shape index (κ1) is 27.4. The van der Waals surface area contributed by atoms with E-state index in [0.717, 1.165) is 60.9 Å². The van der Waals surface area contributed by atoms with Crippen LogP contribution in [0.3, 0.4) is 0 Å². The van der Waals surface area contributed by atoms with E-state index in [1.54, 1.807) is 0 Å². The van der Waals surface area contributed by atoms with E-state index in [1.165, 1.54) is 10.8 Å². The van der Waals surface area contributed by atoms with Gasteiger partial charge in [-0.2, -0.15) is 10.5 Å². The van der Waals surface area contributed by atoms with Crippen LogP contribution in [0.25, 0.3) is 77.2 Å². The van der Waals surface area contributed by atoms with Gasteiger partial charge in [-0.05, 0) is 65.7 Å². The van der Waals surface area contributed by atoms with Gasteiger partial charge in [0.2, 0.25) is 0 Å². The Balaban J connectivity index is 1.19. The van der Waals surface area contributed by atoms with Crippen LogP contribution < -0.4 is 0 Å². The fourth-order valence-electron chi connectivity index (χ4n) is 7.34. The molecule has 2 aromatic heterocycles. The van der Waals surface area contributed by atoms with E-state index >= 15 is 0 Å². The Morgan fingerprint density at radius 2 is 0.812 bits per heavy atom. The van der Waals surface area contributed by atoms with Gasteiger partial charge < -0.3 is 9.13 Å². The van der Waals surface area contributed by atoms with Crippen molar-refractivity contribution in [3.8, 4) is 45.8 Å². The first-order valence-corrected chi connectivity index (χ1v) is 15.9. The van der Waals surface area contributed by atoms with Crippen molar-refractivity contribution in [2.24, 2.45) is 0 Å². The Morgan fingerprint density at radius 1 is 0.396 bits per heavy atom. The number of benzene rings is 7. The van der Waals surface area contributed by atoms with E-state index < -0.39 is 0 Å². The van der Waals surface area contributed by atoms with Crippen molar-refractivity contribution in [2.75, 3.05) is 0 Å². The molecule has 222 valence electrons. The third kappa shape index (κ3) is 4.07. The molecule has 9 rings (SSSR count). The summed E-state index contributed by atoms with van der Waals surface area (Å²) in [7, 11) is 0. The van der Waals surface area contributed by atoms with Crippen LogP contribution in [0.2, 0.25) is 0 Å². The zero-order valence-corrected chi connectivity index (χ0v) is 25.8. The molecule has 0 radical (unpaired) electrons. The minimum Gasteiger partial charge on any atom is -0.309 e. The van der Waals surface area contributed by atoms with Gasteiger partial charge in [0.1, 0.15) is 0 Å². The molecular formula is C44H26N4. The van der Waals surface area contributed by atoms with Gasteiger partial charge in [0.25, 0.3) is 0 Å². The summed E-state index contributed by atoms with van der Waals surface area (Å²) in [6, 6.07) is 58.7. The van der Waals surface area contributed by atoms with Crippen LogP contribution >= 0.6 is 0 Å². The van der Waals surface area contributed by atoms with E-state index in [2.05, 4.69) is 137 Å². The lowest BCUT2D eigenvalue weighted by Crippen LogP contribution is -2.00. The molecule has 2 heterocycles. The Kier molecular flexibility index (Phi) is 6.22. The van der Waals surface area contributed by atoms with E-state index in [1.807, 2.05) is 42.5 Å². The Hall–Kier alpha value is -6.88. The first-order chi connectivity index (χ1) is 23.7. The predicted octanol–water partition coefficient (Wildman–Crippen LogP) is 11.0. The van der Waals surface area contributed by atoms with Gasteiger partial charge in [0.05, 0.1) is 51.0 Å².